The largest absolute Gasteiger partial charge is 0.398 e. The summed E-state index contributed by atoms with van der Waals surface area (Å²) in [7, 11) is 0. The van der Waals surface area contributed by atoms with Gasteiger partial charge in [0.15, 0.2) is 5.82 Å². The Morgan fingerprint density at radius 2 is 2.25 bits per heavy atom. The average Bonchev–Trinajstić information content (AvgIpc) is 3.08. The van der Waals surface area contributed by atoms with Crippen molar-refractivity contribution in [3.05, 3.63) is 46.6 Å². The lowest BCUT2D eigenvalue weighted by atomic mass is 10.3. The van der Waals surface area contributed by atoms with E-state index in [4.69, 9.17) is 21.9 Å². The predicted octanol–water partition coefficient (Wildman–Crippen LogP) is 4.33. The van der Waals surface area contributed by atoms with Crippen molar-refractivity contribution < 1.29 is 4.52 Å². The Morgan fingerprint density at radius 3 is 3.00 bits per heavy atom. The maximum absolute atomic E-state index is 5.90. The number of halogens is 1. The molecule has 3 rings (SSSR count). The third-order valence-electron chi connectivity index (χ3n) is 2.53. The lowest BCUT2D eigenvalue weighted by molar-refractivity contribution is 0.426. The molecule has 0 amide bonds. The molecule has 0 atom stereocenters. The van der Waals surface area contributed by atoms with Crippen LogP contribution in [0.3, 0.4) is 0 Å². The van der Waals surface area contributed by atoms with E-state index >= 15 is 0 Å². The molecule has 20 heavy (non-hydrogen) atoms. The van der Waals surface area contributed by atoms with E-state index in [1.54, 1.807) is 29.2 Å². The number of nitrogen functional groups attached to an aromatic ring is 1. The van der Waals surface area contributed by atoms with Crippen molar-refractivity contribution in [2.75, 3.05) is 5.73 Å². The molecule has 0 saturated carbocycles. The van der Waals surface area contributed by atoms with Gasteiger partial charge in [-0.05, 0) is 29.6 Å². The van der Waals surface area contributed by atoms with Gasteiger partial charge in [-0.15, -0.1) is 23.1 Å². The van der Waals surface area contributed by atoms with Crippen molar-refractivity contribution in [2.24, 2.45) is 0 Å². The Bertz CT molecular complexity index is 712. The standard InChI is InChI=1S/C13H10ClN3OS2/c14-8-3-4-10(9(15)6-8)20-7-12-16-13(18-17-12)11-2-1-5-19-11/h1-6H,7,15H2. The van der Waals surface area contributed by atoms with Crippen molar-refractivity contribution in [2.45, 2.75) is 10.6 Å². The number of thiophene rings is 1. The first-order valence-corrected chi connectivity index (χ1v) is 8.01. The number of nitrogens with two attached hydrogens (primary N) is 1. The summed E-state index contributed by atoms with van der Waals surface area (Å²) < 4.78 is 5.23. The van der Waals surface area contributed by atoms with Crippen LogP contribution in [0.4, 0.5) is 5.69 Å². The summed E-state index contributed by atoms with van der Waals surface area (Å²) in [5.41, 5.74) is 6.56. The first-order valence-electron chi connectivity index (χ1n) is 5.76. The molecule has 0 radical (unpaired) electrons. The van der Waals surface area contributed by atoms with Crippen LogP contribution < -0.4 is 5.73 Å². The number of rotatable bonds is 4. The van der Waals surface area contributed by atoms with Crippen molar-refractivity contribution in [3.8, 4) is 10.8 Å². The van der Waals surface area contributed by atoms with Crippen LogP contribution in [0, 0.1) is 0 Å². The minimum absolute atomic E-state index is 0.555. The zero-order valence-corrected chi connectivity index (χ0v) is 12.6. The maximum atomic E-state index is 5.90. The van der Waals surface area contributed by atoms with E-state index in [-0.39, 0.29) is 0 Å². The monoisotopic (exact) mass is 323 g/mol. The SMILES string of the molecule is Nc1cc(Cl)ccc1SCc1noc(-c2cccs2)n1. The molecule has 2 aromatic heterocycles. The Labute approximate surface area is 129 Å². The second-order valence-electron chi connectivity index (χ2n) is 3.96. The number of hydrogen-bond acceptors (Lipinski definition) is 6. The molecular formula is C13H10ClN3OS2. The molecule has 102 valence electrons. The van der Waals surface area contributed by atoms with Crippen molar-refractivity contribution >= 4 is 40.4 Å². The molecule has 0 aliphatic carbocycles. The van der Waals surface area contributed by atoms with Gasteiger partial charge in [-0.2, -0.15) is 4.98 Å². The highest BCUT2D eigenvalue weighted by Gasteiger charge is 2.10. The summed E-state index contributed by atoms with van der Waals surface area (Å²) in [4.78, 5) is 6.29. The first kappa shape index (κ1) is 13.5. The summed E-state index contributed by atoms with van der Waals surface area (Å²) >= 11 is 8.99. The van der Waals surface area contributed by atoms with Crippen LogP contribution in [0.2, 0.25) is 5.02 Å². The zero-order chi connectivity index (χ0) is 13.9. The summed E-state index contributed by atoms with van der Waals surface area (Å²) in [6, 6.07) is 9.34. The number of thioether (sulfide) groups is 1. The first-order chi connectivity index (χ1) is 9.72. The number of nitrogens with zero attached hydrogens (tertiary/aromatic N) is 2. The normalized spacial score (nSPS) is 10.8. The molecule has 4 nitrogen and oxygen atoms in total. The van der Waals surface area contributed by atoms with Crippen LogP contribution in [0.15, 0.2) is 45.1 Å². The van der Waals surface area contributed by atoms with Gasteiger partial charge >= 0.3 is 0 Å². The minimum Gasteiger partial charge on any atom is -0.398 e. The number of anilines is 1. The van der Waals surface area contributed by atoms with Crippen molar-refractivity contribution in [1.29, 1.82) is 0 Å². The van der Waals surface area contributed by atoms with E-state index in [0.29, 0.717) is 28.2 Å². The molecule has 0 aliphatic rings. The molecule has 0 fully saturated rings. The molecule has 2 N–H and O–H groups in total. The van der Waals surface area contributed by atoms with Crippen molar-refractivity contribution in [3.63, 3.8) is 0 Å². The summed E-state index contributed by atoms with van der Waals surface area (Å²) in [6.45, 7) is 0. The van der Waals surface area contributed by atoms with Crippen LogP contribution in [0.25, 0.3) is 10.8 Å². The van der Waals surface area contributed by atoms with E-state index in [9.17, 15) is 0 Å². The summed E-state index contributed by atoms with van der Waals surface area (Å²) in [6.07, 6.45) is 0. The molecule has 3 aromatic rings. The Balaban J connectivity index is 1.70. The maximum Gasteiger partial charge on any atom is 0.268 e. The van der Waals surface area contributed by atoms with Crippen LogP contribution >= 0.6 is 34.7 Å². The fourth-order valence-corrected chi connectivity index (χ4v) is 3.22. The molecule has 0 aliphatic heterocycles. The highest BCUT2D eigenvalue weighted by Crippen LogP contribution is 2.30. The summed E-state index contributed by atoms with van der Waals surface area (Å²) in [5, 5.41) is 6.57. The average molecular weight is 324 g/mol. The van der Waals surface area contributed by atoms with Crippen LogP contribution in [-0.4, -0.2) is 10.1 Å². The zero-order valence-electron chi connectivity index (χ0n) is 10.2. The van der Waals surface area contributed by atoms with E-state index in [2.05, 4.69) is 10.1 Å². The lowest BCUT2D eigenvalue weighted by Gasteiger charge is -2.03. The molecule has 0 spiro atoms. The van der Waals surface area contributed by atoms with E-state index in [0.717, 1.165) is 9.77 Å². The molecule has 2 heterocycles. The van der Waals surface area contributed by atoms with E-state index < -0.39 is 0 Å². The molecule has 7 heteroatoms. The second-order valence-corrected chi connectivity index (χ2v) is 6.37. The van der Waals surface area contributed by atoms with E-state index in [1.807, 2.05) is 29.6 Å². The molecule has 0 saturated heterocycles. The van der Waals surface area contributed by atoms with Crippen LogP contribution in [0.1, 0.15) is 5.82 Å². The number of benzene rings is 1. The fourth-order valence-electron chi connectivity index (χ4n) is 1.61. The predicted molar refractivity (Wildman–Crippen MR) is 83.0 cm³/mol. The fraction of sp³-hybridized carbons (Fsp3) is 0.0769. The van der Waals surface area contributed by atoms with Gasteiger partial charge in [0.25, 0.3) is 5.89 Å². The number of aromatic nitrogens is 2. The topological polar surface area (TPSA) is 64.9 Å². The van der Waals surface area contributed by atoms with Gasteiger partial charge in [-0.3, -0.25) is 0 Å². The third kappa shape index (κ3) is 2.98. The minimum atomic E-state index is 0.555. The molecule has 1 aromatic carbocycles. The van der Waals surface area contributed by atoms with Crippen LogP contribution in [-0.2, 0) is 5.75 Å². The third-order valence-corrected chi connectivity index (χ3v) is 4.71. The van der Waals surface area contributed by atoms with Gasteiger partial charge in [0.05, 0.1) is 10.6 Å². The highest BCUT2D eigenvalue weighted by atomic mass is 35.5. The van der Waals surface area contributed by atoms with E-state index in [1.165, 1.54) is 0 Å². The number of hydrogen-bond donors (Lipinski definition) is 1. The Hall–Kier alpha value is -1.50. The molecule has 0 unspecified atom stereocenters. The van der Waals surface area contributed by atoms with Gasteiger partial charge in [-0.1, -0.05) is 22.8 Å². The molecular weight excluding hydrogens is 314 g/mol. The van der Waals surface area contributed by atoms with Crippen molar-refractivity contribution in [1.82, 2.24) is 10.1 Å². The van der Waals surface area contributed by atoms with Gasteiger partial charge in [0.2, 0.25) is 0 Å². The molecule has 0 bridgehead atoms. The Morgan fingerprint density at radius 1 is 1.35 bits per heavy atom. The lowest BCUT2D eigenvalue weighted by Crippen LogP contribution is -1.90. The Kier molecular flexibility index (Phi) is 3.95. The van der Waals surface area contributed by atoms with Crippen LogP contribution in [0.5, 0.6) is 0 Å². The second kappa shape index (κ2) is 5.87. The quantitative estimate of drug-likeness (QED) is 0.572. The van der Waals surface area contributed by atoms with Gasteiger partial charge < -0.3 is 10.3 Å². The van der Waals surface area contributed by atoms with Gasteiger partial charge in [0.1, 0.15) is 0 Å². The van der Waals surface area contributed by atoms with Gasteiger partial charge in [-0.25, -0.2) is 0 Å². The summed E-state index contributed by atoms with van der Waals surface area (Å²) in [5.74, 6) is 1.80. The smallest absolute Gasteiger partial charge is 0.268 e. The van der Waals surface area contributed by atoms with Gasteiger partial charge in [0, 0.05) is 15.6 Å². The highest BCUT2D eigenvalue weighted by molar-refractivity contribution is 7.98.